The van der Waals surface area contributed by atoms with Gasteiger partial charge in [0.15, 0.2) is 0 Å². The number of fused-ring (bicyclic) bond motifs is 1. The third kappa shape index (κ3) is 0.375. The molecule has 7 heavy (non-hydrogen) atoms. The van der Waals surface area contributed by atoms with Gasteiger partial charge in [0.2, 0.25) is 0 Å². The quantitative estimate of drug-likeness (QED) is 0.433. The molecule has 2 aliphatic carbocycles. The molecule has 0 heterocycles. The Morgan fingerprint density at radius 2 is 2.43 bits per heavy atom. The maximum atomic E-state index is 2.44. The Morgan fingerprint density at radius 3 is 2.57 bits per heavy atom. The molecule has 0 aliphatic heterocycles. The zero-order chi connectivity index (χ0) is 4.91. The van der Waals surface area contributed by atoms with E-state index in [0.717, 1.165) is 11.3 Å². The predicted octanol–water partition coefficient (Wildman–Crippen LogP) is 2.20. The molecule has 40 valence electrons. The molecule has 0 aromatic rings. The lowest BCUT2D eigenvalue weighted by atomic mass is 10.1. The molecule has 0 amide bonds. The molecule has 2 rings (SSSR count). The highest BCUT2D eigenvalue weighted by Gasteiger charge is 2.52. The predicted molar refractivity (Wildman–Crippen MR) is 30.1 cm³/mol. The molecule has 0 bridgehead atoms. The molecular formula is C7H12. The lowest BCUT2D eigenvalue weighted by Gasteiger charge is -1.96. The van der Waals surface area contributed by atoms with E-state index in [4.69, 9.17) is 0 Å². The van der Waals surface area contributed by atoms with Crippen LogP contribution < -0.4 is 0 Å². The van der Waals surface area contributed by atoms with E-state index >= 15 is 0 Å². The van der Waals surface area contributed by atoms with Crippen molar-refractivity contribution in [2.45, 2.75) is 32.6 Å². The van der Waals surface area contributed by atoms with Crippen molar-refractivity contribution in [1.82, 2.24) is 0 Å². The first-order valence-corrected chi connectivity index (χ1v) is 3.31. The fourth-order valence-electron chi connectivity index (χ4n) is 2.01. The Kier molecular flexibility index (Phi) is 0.499. The Hall–Kier alpha value is 0. The van der Waals surface area contributed by atoms with Gasteiger partial charge >= 0.3 is 0 Å². The Balaban J connectivity index is 2.17. The van der Waals surface area contributed by atoms with Gasteiger partial charge in [0, 0.05) is 0 Å². The van der Waals surface area contributed by atoms with Crippen molar-refractivity contribution in [2.75, 3.05) is 0 Å². The van der Waals surface area contributed by atoms with Crippen molar-refractivity contribution < 1.29 is 0 Å². The minimum atomic E-state index is 0.861. The molecule has 0 radical (unpaired) electrons. The van der Waals surface area contributed by atoms with E-state index in [1.165, 1.54) is 19.3 Å². The third-order valence-electron chi connectivity index (χ3n) is 2.84. The topological polar surface area (TPSA) is 0 Å². The fraction of sp³-hybridized carbons (Fsp3) is 1.00. The van der Waals surface area contributed by atoms with Gasteiger partial charge in [0.05, 0.1) is 0 Å². The van der Waals surface area contributed by atoms with Crippen LogP contribution in [0.15, 0.2) is 0 Å². The van der Waals surface area contributed by atoms with Gasteiger partial charge in [-0.15, -0.1) is 0 Å². The van der Waals surface area contributed by atoms with Crippen LogP contribution in [0.5, 0.6) is 0 Å². The second-order valence-corrected chi connectivity index (χ2v) is 3.45. The van der Waals surface area contributed by atoms with Crippen molar-refractivity contribution in [2.24, 2.45) is 11.3 Å². The van der Waals surface area contributed by atoms with E-state index in [1.807, 2.05) is 0 Å². The molecule has 0 nitrogen and oxygen atoms in total. The SMILES string of the molecule is CC12CCC[C@H]1C2. The molecule has 1 unspecified atom stereocenters. The second kappa shape index (κ2) is 0.888. The van der Waals surface area contributed by atoms with Crippen LogP contribution in [0.3, 0.4) is 0 Å². The van der Waals surface area contributed by atoms with Crippen molar-refractivity contribution in [1.29, 1.82) is 0 Å². The highest BCUT2D eigenvalue weighted by molar-refractivity contribution is 5.02. The number of hydrogen-bond acceptors (Lipinski definition) is 0. The van der Waals surface area contributed by atoms with Gasteiger partial charge in [-0.2, -0.15) is 0 Å². The van der Waals surface area contributed by atoms with E-state index in [-0.39, 0.29) is 0 Å². The minimum Gasteiger partial charge on any atom is -0.0594 e. The molecule has 0 spiro atoms. The maximum absolute atomic E-state index is 2.44. The third-order valence-corrected chi connectivity index (χ3v) is 2.84. The van der Waals surface area contributed by atoms with Crippen molar-refractivity contribution >= 4 is 0 Å². The van der Waals surface area contributed by atoms with Crippen molar-refractivity contribution in [3.8, 4) is 0 Å². The van der Waals surface area contributed by atoms with Crippen molar-refractivity contribution in [3.63, 3.8) is 0 Å². The summed E-state index contributed by atoms with van der Waals surface area (Å²) in [6.07, 6.45) is 6.13. The first-order valence-electron chi connectivity index (χ1n) is 3.31. The summed E-state index contributed by atoms with van der Waals surface area (Å²) in [6.45, 7) is 2.44. The van der Waals surface area contributed by atoms with E-state index < -0.39 is 0 Å². The van der Waals surface area contributed by atoms with E-state index in [9.17, 15) is 0 Å². The number of hydrogen-bond donors (Lipinski definition) is 0. The van der Waals surface area contributed by atoms with Crippen LogP contribution in [0.25, 0.3) is 0 Å². The summed E-state index contributed by atoms with van der Waals surface area (Å²) in [7, 11) is 0. The van der Waals surface area contributed by atoms with Gasteiger partial charge in [-0.05, 0) is 30.6 Å². The van der Waals surface area contributed by atoms with Gasteiger partial charge in [-0.3, -0.25) is 0 Å². The molecule has 0 aromatic heterocycles. The Morgan fingerprint density at radius 1 is 1.57 bits per heavy atom. The molecule has 2 fully saturated rings. The lowest BCUT2D eigenvalue weighted by molar-refractivity contribution is 0.547. The monoisotopic (exact) mass is 96.1 g/mol. The number of rotatable bonds is 0. The van der Waals surface area contributed by atoms with Gasteiger partial charge in [-0.1, -0.05) is 13.3 Å². The molecular weight excluding hydrogens is 84.1 g/mol. The normalized spacial score (nSPS) is 57.0. The minimum absolute atomic E-state index is 0.861. The van der Waals surface area contributed by atoms with Crippen LogP contribution in [0.4, 0.5) is 0 Å². The van der Waals surface area contributed by atoms with Crippen molar-refractivity contribution in [3.05, 3.63) is 0 Å². The molecule has 0 heteroatoms. The standard InChI is InChI=1S/C7H12/c1-7-4-2-3-6(7)5-7/h6H,2-5H2,1H3/t6-,7?/m0/s1. The summed E-state index contributed by atoms with van der Waals surface area (Å²) in [5.74, 6) is 1.16. The highest BCUT2D eigenvalue weighted by atomic mass is 14.6. The largest absolute Gasteiger partial charge is 0.0594 e. The highest BCUT2D eigenvalue weighted by Crippen LogP contribution is 2.62. The first kappa shape index (κ1) is 3.94. The molecule has 2 aliphatic rings. The molecule has 2 saturated carbocycles. The summed E-state index contributed by atoms with van der Waals surface area (Å²) < 4.78 is 0. The lowest BCUT2D eigenvalue weighted by Crippen LogP contribution is -1.85. The summed E-state index contributed by atoms with van der Waals surface area (Å²) in [5.41, 5.74) is 0.861. The van der Waals surface area contributed by atoms with Crippen LogP contribution in [0.1, 0.15) is 32.6 Å². The van der Waals surface area contributed by atoms with E-state index in [1.54, 1.807) is 6.42 Å². The zero-order valence-electron chi connectivity index (χ0n) is 4.91. The van der Waals surface area contributed by atoms with Gasteiger partial charge in [-0.25, -0.2) is 0 Å². The average Bonchev–Trinajstić information content (AvgIpc) is 2.09. The van der Waals surface area contributed by atoms with Crippen LogP contribution in [-0.4, -0.2) is 0 Å². The van der Waals surface area contributed by atoms with Crippen LogP contribution in [-0.2, 0) is 0 Å². The average molecular weight is 96.2 g/mol. The van der Waals surface area contributed by atoms with E-state index in [2.05, 4.69) is 6.92 Å². The Labute approximate surface area is 44.9 Å². The smallest absolute Gasteiger partial charge is 0.0294 e. The van der Waals surface area contributed by atoms with Gasteiger partial charge in [0.1, 0.15) is 0 Å². The molecule has 2 atom stereocenters. The summed E-state index contributed by atoms with van der Waals surface area (Å²) in [5, 5.41) is 0. The van der Waals surface area contributed by atoms with E-state index in [0.29, 0.717) is 0 Å². The van der Waals surface area contributed by atoms with Gasteiger partial charge < -0.3 is 0 Å². The summed E-state index contributed by atoms with van der Waals surface area (Å²) in [6, 6.07) is 0. The fourth-order valence-corrected chi connectivity index (χ4v) is 2.01. The van der Waals surface area contributed by atoms with Crippen LogP contribution in [0, 0.1) is 11.3 Å². The summed E-state index contributed by atoms with van der Waals surface area (Å²) >= 11 is 0. The zero-order valence-corrected chi connectivity index (χ0v) is 4.91. The second-order valence-electron chi connectivity index (χ2n) is 3.45. The first-order chi connectivity index (χ1) is 3.31. The van der Waals surface area contributed by atoms with Crippen LogP contribution in [0.2, 0.25) is 0 Å². The van der Waals surface area contributed by atoms with Crippen LogP contribution >= 0.6 is 0 Å². The molecule has 0 aromatic carbocycles. The summed E-state index contributed by atoms with van der Waals surface area (Å²) in [4.78, 5) is 0. The maximum Gasteiger partial charge on any atom is -0.0294 e. The Bertz CT molecular complexity index is 94.2. The molecule has 0 N–H and O–H groups in total. The van der Waals surface area contributed by atoms with Gasteiger partial charge in [0.25, 0.3) is 0 Å². The molecule has 0 saturated heterocycles.